The highest BCUT2D eigenvalue weighted by Crippen LogP contribution is 2.02. The lowest BCUT2D eigenvalue weighted by molar-refractivity contribution is -0.120. The van der Waals surface area contributed by atoms with Gasteiger partial charge in [0.1, 0.15) is 0 Å². The molecule has 2 rings (SSSR count). The molecule has 2 aromatic rings. The Morgan fingerprint density at radius 1 is 1.30 bits per heavy atom. The van der Waals surface area contributed by atoms with Gasteiger partial charge >= 0.3 is 0 Å². The molecule has 1 aromatic carbocycles. The van der Waals surface area contributed by atoms with Crippen molar-refractivity contribution in [3.63, 3.8) is 0 Å². The van der Waals surface area contributed by atoms with Gasteiger partial charge in [0.2, 0.25) is 5.91 Å². The van der Waals surface area contributed by atoms with Gasteiger partial charge in [-0.2, -0.15) is 0 Å². The Morgan fingerprint density at radius 2 is 2.10 bits per heavy atom. The molecule has 20 heavy (non-hydrogen) atoms. The number of aromatic nitrogens is 4. The molecular weight excluding hydrogens is 254 g/mol. The number of nitrogens with one attached hydrogen (secondary N) is 1. The first-order valence-corrected chi connectivity index (χ1v) is 6.85. The highest BCUT2D eigenvalue weighted by atomic mass is 16.1. The van der Waals surface area contributed by atoms with E-state index in [1.807, 2.05) is 25.1 Å². The SMILES string of the molecule is CCCNC(=O)Cc1nnnn1CCc1ccccc1. The number of carbonyl (C=O) groups is 1. The number of hydrogen-bond acceptors (Lipinski definition) is 4. The van der Waals surface area contributed by atoms with Gasteiger partial charge in [-0.05, 0) is 28.8 Å². The van der Waals surface area contributed by atoms with Crippen LogP contribution in [0, 0.1) is 0 Å². The molecule has 0 unspecified atom stereocenters. The molecule has 0 aliphatic heterocycles. The van der Waals surface area contributed by atoms with Crippen LogP contribution in [0.4, 0.5) is 0 Å². The van der Waals surface area contributed by atoms with Crippen molar-refractivity contribution in [1.82, 2.24) is 25.5 Å². The van der Waals surface area contributed by atoms with Gasteiger partial charge in [0.25, 0.3) is 0 Å². The summed E-state index contributed by atoms with van der Waals surface area (Å²) in [7, 11) is 0. The summed E-state index contributed by atoms with van der Waals surface area (Å²) in [4.78, 5) is 11.7. The van der Waals surface area contributed by atoms with E-state index in [2.05, 4.69) is 33.0 Å². The van der Waals surface area contributed by atoms with E-state index in [1.54, 1.807) is 4.68 Å². The molecule has 0 aliphatic rings. The largest absolute Gasteiger partial charge is 0.356 e. The Labute approximate surface area is 118 Å². The minimum absolute atomic E-state index is 0.0392. The van der Waals surface area contributed by atoms with Gasteiger partial charge in [0.15, 0.2) is 5.82 Å². The lowest BCUT2D eigenvalue weighted by Gasteiger charge is -2.05. The summed E-state index contributed by atoms with van der Waals surface area (Å²) in [5, 5.41) is 14.3. The van der Waals surface area contributed by atoms with Gasteiger partial charge in [0, 0.05) is 13.1 Å². The van der Waals surface area contributed by atoms with Crippen LogP contribution in [0.25, 0.3) is 0 Å². The van der Waals surface area contributed by atoms with Gasteiger partial charge in [-0.1, -0.05) is 37.3 Å². The predicted molar refractivity (Wildman–Crippen MR) is 75.0 cm³/mol. The number of amides is 1. The zero-order chi connectivity index (χ0) is 14.2. The summed E-state index contributed by atoms with van der Waals surface area (Å²) in [5.74, 6) is 0.567. The highest BCUT2D eigenvalue weighted by molar-refractivity contribution is 5.77. The van der Waals surface area contributed by atoms with Crippen molar-refractivity contribution in [2.45, 2.75) is 32.7 Å². The summed E-state index contributed by atoms with van der Waals surface area (Å²) in [5.41, 5.74) is 1.23. The summed E-state index contributed by atoms with van der Waals surface area (Å²) >= 11 is 0. The van der Waals surface area contributed by atoms with Crippen molar-refractivity contribution < 1.29 is 4.79 Å². The number of rotatable bonds is 7. The van der Waals surface area contributed by atoms with E-state index < -0.39 is 0 Å². The van der Waals surface area contributed by atoms with E-state index in [-0.39, 0.29) is 12.3 Å². The van der Waals surface area contributed by atoms with E-state index in [0.29, 0.717) is 18.9 Å². The standard InChI is InChI=1S/C14H19N5O/c1-2-9-15-14(20)11-13-16-17-18-19(13)10-8-12-6-4-3-5-7-12/h3-7H,2,8-11H2,1H3,(H,15,20). The third-order valence-corrected chi connectivity index (χ3v) is 2.95. The van der Waals surface area contributed by atoms with Crippen LogP contribution >= 0.6 is 0 Å². The molecule has 0 atom stereocenters. The molecule has 1 heterocycles. The van der Waals surface area contributed by atoms with Gasteiger partial charge in [0.05, 0.1) is 6.42 Å². The average Bonchev–Trinajstić information content (AvgIpc) is 2.91. The van der Waals surface area contributed by atoms with Crippen molar-refractivity contribution in [2.75, 3.05) is 6.54 Å². The van der Waals surface area contributed by atoms with E-state index in [0.717, 1.165) is 12.8 Å². The van der Waals surface area contributed by atoms with Crippen molar-refractivity contribution in [1.29, 1.82) is 0 Å². The van der Waals surface area contributed by atoms with Crippen LogP contribution in [0.1, 0.15) is 24.7 Å². The molecule has 0 spiro atoms. The van der Waals surface area contributed by atoms with Crippen molar-refractivity contribution in [3.8, 4) is 0 Å². The van der Waals surface area contributed by atoms with E-state index in [1.165, 1.54) is 5.56 Å². The zero-order valence-corrected chi connectivity index (χ0v) is 11.6. The van der Waals surface area contributed by atoms with E-state index >= 15 is 0 Å². The monoisotopic (exact) mass is 273 g/mol. The zero-order valence-electron chi connectivity index (χ0n) is 11.6. The summed E-state index contributed by atoms with van der Waals surface area (Å²) < 4.78 is 1.69. The first kappa shape index (κ1) is 14.2. The van der Waals surface area contributed by atoms with Crippen LogP contribution in [0.15, 0.2) is 30.3 Å². The molecular formula is C14H19N5O. The lowest BCUT2D eigenvalue weighted by Crippen LogP contribution is -2.27. The van der Waals surface area contributed by atoms with Gasteiger partial charge < -0.3 is 5.32 Å². The highest BCUT2D eigenvalue weighted by Gasteiger charge is 2.10. The van der Waals surface area contributed by atoms with Gasteiger partial charge in [-0.15, -0.1) is 5.10 Å². The quantitative estimate of drug-likeness (QED) is 0.816. The molecule has 6 nitrogen and oxygen atoms in total. The third-order valence-electron chi connectivity index (χ3n) is 2.95. The third kappa shape index (κ3) is 4.15. The normalized spacial score (nSPS) is 10.4. The first-order valence-electron chi connectivity index (χ1n) is 6.85. The van der Waals surface area contributed by atoms with Crippen molar-refractivity contribution in [3.05, 3.63) is 41.7 Å². The second-order valence-corrected chi connectivity index (χ2v) is 4.58. The van der Waals surface area contributed by atoms with Crippen LogP contribution in [-0.4, -0.2) is 32.7 Å². The fourth-order valence-electron chi connectivity index (χ4n) is 1.87. The number of aryl methyl sites for hydroxylation is 2. The molecule has 0 radical (unpaired) electrons. The van der Waals surface area contributed by atoms with Crippen LogP contribution in [0.3, 0.4) is 0 Å². The minimum Gasteiger partial charge on any atom is -0.356 e. The number of nitrogens with zero attached hydrogens (tertiary/aromatic N) is 4. The molecule has 1 aromatic heterocycles. The van der Waals surface area contributed by atoms with Crippen LogP contribution in [0.2, 0.25) is 0 Å². The van der Waals surface area contributed by atoms with E-state index in [4.69, 9.17) is 0 Å². The maximum absolute atomic E-state index is 11.7. The molecule has 0 aliphatic carbocycles. The first-order chi connectivity index (χ1) is 9.79. The lowest BCUT2D eigenvalue weighted by atomic mass is 10.1. The molecule has 0 saturated heterocycles. The number of tetrazole rings is 1. The Hall–Kier alpha value is -2.24. The Morgan fingerprint density at radius 3 is 2.85 bits per heavy atom. The smallest absolute Gasteiger partial charge is 0.227 e. The van der Waals surface area contributed by atoms with Gasteiger partial charge in [-0.25, -0.2) is 4.68 Å². The molecule has 0 bridgehead atoms. The topological polar surface area (TPSA) is 72.7 Å². The molecule has 0 fully saturated rings. The minimum atomic E-state index is -0.0392. The number of carbonyl (C=O) groups excluding carboxylic acids is 1. The van der Waals surface area contributed by atoms with E-state index in [9.17, 15) is 4.79 Å². The average molecular weight is 273 g/mol. The molecule has 0 saturated carbocycles. The summed E-state index contributed by atoms with van der Waals surface area (Å²) in [6, 6.07) is 10.1. The maximum Gasteiger partial charge on any atom is 0.227 e. The van der Waals surface area contributed by atoms with Gasteiger partial charge in [-0.3, -0.25) is 4.79 Å². The number of hydrogen-bond donors (Lipinski definition) is 1. The van der Waals surface area contributed by atoms with Crippen molar-refractivity contribution in [2.24, 2.45) is 0 Å². The second-order valence-electron chi connectivity index (χ2n) is 4.58. The Balaban J connectivity index is 1.90. The summed E-state index contributed by atoms with van der Waals surface area (Å²) in [6.07, 6.45) is 1.99. The Kier molecular flexibility index (Phi) is 5.23. The maximum atomic E-state index is 11.7. The fourth-order valence-corrected chi connectivity index (χ4v) is 1.87. The molecule has 1 N–H and O–H groups in total. The molecule has 1 amide bonds. The second kappa shape index (κ2) is 7.37. The molecule has 106 valence electrons. The Bertz CT molecular complexity index is 538. The number of benzene rings is 1. The van der Waals surface area contributed by atoms with Crippen LogP contribution < -0.4 is 5.32 Å². The molecule has 6 heteroatoms. The predicted octanol–water partition coefficient (Wildman–Crippen LogP) is 0.984. The fraction of sp³-hybridized carbons (Fsp3) is 0.429. The van der Waals surface area contributed by atoms with Crippen LogP contribution in [-0.2, 0) is 24.2 Å². The summed E-state index contributed by atoms with van der Waals surface area (Å²) in [6.45, 7) is 3.38. The van der Waals surface area contributed by atoms with Crippen molar-refractivity contribution >= 4 is 5.91 Å². The van der Waals surface area contributed by atoms with Crippen LogP contribution in [0.5, 0.6) is 0 Å².